The molecule has 0 saturated carbocycles. The fraction of sp³-hybridized carbons (Fsp3) is 0.800. The van der Waals surface area contributed by atoms with Crippen molar-refractivity contribution in [2.45, 2.75) is 66.3 Å². The highest BCUT2D eigenvalue weighted by Crippen LogP contribution is 2.16. The number of rotatable bonds is 9. The highest BCUT2D eigenvalue weighted by molar-refractivity contribution is 14.0. The number of piperidine rings is 1. The van der Waals surface area contributed by atoms with Gasteiger partial charge in [0.05, 0.1) is 12.2 Å². The lowest BCUT2D eigenvalue weighted by molar-refractivity contribution is 0.201. The van der Waals surface area contributed by atoms with Crippen LogP contribution in [0.1, 0.15) is 64.0 Å². The molecule has 1 atom stereocenters. The first kappa shape index (κ1) is 24.2. The van der Waals surface area contributed by atoms with Crippen LogP contribution in [0, 0.1) is 5.92 Å². The van der Waals surface area contributed by atoms with Crippen LogP contribution in [0.5, 0.6) is 0 Å². The summed E-state index contributed by atoms with van der Waals surface area (Å²) in [5.41, 5.74) is 2.17. The van der Waals surface area contributed by atoms with Crippen molar-refractivity contribution in [3.05, 3.63) is 17.0 Å². The van der Waals surface area contributed by atoms with E-state index >= 15 is 0 Å². The summed E-state index contributed by atoms with van der Waals surface area (Å²) >= 11 is 0. The van der Waals surface area contributed by atoms with Gasteiger partial charge >= 0.3 is 0 Å². The largest absolute Gasteiger partial charge is 0.361 e. The Balaban J connectivity index is 0.00000364. The van der Waals surface area contributed by atoms with Gasteiger partial charge in [0, 0.05) is 31.6 Å². The number of halogens is 1. The van der Waals surface area contributed by atoms with Crippen LogP contribution < -0.4 is 10.6 Å². The molecule has 0 amide bonds. The van der Waals surface area contributed by atoms with Gasteiger partial charge in [0.25, 0.3) is 0 Å². The van der Waals surface area contributed by atoms with Gasteiger partial charge in [-0.25, -0.2) is 4.99 Å². The lowest BCUT2D eigenvalue weighted by Crippen LogP contribution is -2.42. The van der Waals surface area contributed by atoms with Gasteiger partial charge < -0.3 is 20.1 Å². The third-order valence-corrected chi connectivity index (χ3v) is 4.98. The van der Waals surface area contributed by atoms with E-state index < -0.39 is 0 Å². The van der Waals surface area contributed by atoms with Crippen molar-refractivity contribution in [2.24, 2.45) is 10.9 Å². The maximum absolute atomic E-state index is 5.45. The monoisotopic (exact) mass is 491 g/mol. The van der Waals surface area contributed by atoms with E-state index in [0.29, 0.717) is 12.5 Å². The first-order valence-electron chi connectivity index (χ1n) is 10.4. The Hall–Kier alpha value is -0.830. The van der Waals surface area contributed by atoms with Crippen molar-refractivity contribution in [3.63, 3.8) is 0 Å². The molecule has 2 heterocycles. The van der Waals surface area contributed by atoms with Crippen LogP contribution in [0.25, 0.3) is 0 Å². The summed E-state index contributed by atoms with van der Waals surface area (Å²) in [6.07, 6.45) is 5.83. The summed E-state index contributed by atoms with van der Waals surface area (Å²) in [4.78, 5) is 7.37. The minimum atomic E-state index is 0. The number of likely N-dealkylation sites (tertiary alicyclic amines) is 1. The molecular formula is C20H38IN5O. The van der Waals surface area contributed by atoms with Crippen LogP contribution in [0.2, 0.25) is 0 Å². The second-order valence-corrected chi connectivity index (χ2v) is 7.28. The Morgan fingerprint density at radius 2 is 1.89 bits per heavy atom. The van der Waals surface area contributed by atoms with Crippen molar-refractivity contribution in [3.8, 4) is 0 Å². The predicted molar refractivity (Wildman–Crippen MR) is 123 cm³/mol. The number of aryl methyl sites for hydroxylation is 2. The standard InChI is InChI=1S/C20H37N5O.HI/c1-5-18-17(19(6-2)26-24-18)14-23-20(21-7-3)22-13-16(4)15-25-11-9-8-10-12-25;/h16H,5-15H2,1-4H3,(H2,21,22,23);1H. The quantitative estimate of drug-likeness (QED) is 0.314. The van der Waals surface area contributed by atoms with Crippen molar-refractivity contribution < 1.29 is 4.52 Å². The van der Waals surface area contributed by atoms with E-state index in [-0.39, 0.29) is 24.0 Å². The molecular weight excluding hydrogens is 453 g/mol. The second kappa shape index (κ2) is 13.4. The number of nitrogens with zero attached hydrogens (tertiary/aromatic N) is 3. The van der Waals surface area contributed by atoms with Crippen molar-refractivity contribution in [1.82, 2.24) is 20.7 Å². The molecule has 0 aliphatic carbocycles. The average Bonchev–Trinajstić information content (AvgIpc) is 3.06. The molecule has 1 aliphatic rings. The van der Waals surface area contributed by atoms with Crippen LogP contribution in [0.4, 0.5) is 0 Å². The molecule has 1 aliphatic heterocycles. The maximum atomic E-state index is 5.45. The molecule has 2 rings (SSSR count). The minimum absolute atomic E-state index is 0. The summed E-state index contributed by atoms with van der Waals surface area (Å²) in [5, 5.41) is 11.0. The summed E-state index contributed by atoms with van der Waals surface area (Å²) < 4.78 is 5.45. The van der Waals surface area contributed by atoms with Gasteiger partial charge in [0.15, 0.2) is 5.96 Å². The zero-order valence-corrected chi connectivity index (χ0v) is 19.8. The summed E-state index contributed by atoms with van der Waals surface area (Å²) in [7, 11) is 0. The number of aromatic nitrogens is 1. The summed E-state index contributed by atoms with van der Waals surface area (Å²) in [6.45, 7) is 14.7. The molecule has 0 bridgehead atoms. The highest BCUT2D eigenvalue weighted by Gasteiger charge is 2.15. The fourth-order valence-electron chi connectivity index (χ4n) is 3.53. The van der Waals surface area contributed by atoms with Gasteiger partial charge in [-0.2, -0.15) is 0 Å². The van der Waals surface area contributed by atoms with E-state index in [0.717, 1.165) is 55.5 Å². The minimum Gasteiger partial charge on any atom is -0.361 e. The Labute approximate surface area is 181 Å². The molecule has 7 heteroatoms. The third kappa shape index (κ3) is 7.97. The van der Waals surface area contributed by atoms with E-state index in [1.54, 1.807) is 0 Å². The van der Waals surface area contributed by atoms with Crippen LogP contribution >= 0.6 is 24.0 Å². The van der Waals surface area contributed by atoms with Crippen LogP contribution in [-0.2, 0) is 19.4 Å². The van der Waals surface area contributed by atoms with Crippen LogP contribution in [0.3, 0.4) is 0 Å². The van der Waals surface area contributed by atoms with Gasteiger partial charge in [0.2, 0.25) is 0 Å². The molecule has 27 heavy (non-hydrogen) atoms. The zero-order valence-electron chi connectivity index (χ0n) is 17.5. The van der Waals surface area contributed by atoms with Crippen molar-refractivity contribution >= 4 is 29.9 Å². The molecule has 1 saturated heterocycles. The van der Waals surface area contributed by atoms with Crippen molar-refractivity contribution in [1.29, 1.82) is 0 Å². The zero-order chi connectivity index (χ0) is 18.8. The van der Waals surface area contributed by atoms with Gasteiger partial charge in [-0.3, -0.25) is 0 Å². The molecule has 0 radical (unpaired) electrons. The van der Waals surface area contributed by atoms with Crippen LogP contribution in [-0.4, -0.2) is 48.7 Å². The maximum Gasteiger partial charge on any atom is 0.191 e. The fourth-order valence-corrected chi connectivity index (χ4v) is 3.53. The number of hydrogen-bond donors (Lipinski definition) is 2. The lowest BCUT2D eigenvalue weighted by atomic mass is 10.1. The van der Waals surface area contributed by atoms with Crippen LogP contribution in [0.15, 0.2) is 9.52 Å². The highest BCUT2D eigenvalue weighted by atomic mass is 127. The topological polar surface area (TPSA) is 65.7 Å². The first-order chi connectivity index (χ1) is 12.7. The van der Waals surface area contributed by atoms with Gasteiger partial charge in [-0.15, -0.1) is 24.0 Å². The predicted octanol–water partition coefficient (Wildman–Crippen LogP) is 3.59. The Morgan fingerprint density at radius 1 is 1.15 bits per heavy atom. The third-order valence-electron chi connectivity index (χ3n) is 4.98. The van der Waals surface area contributed by atoms with E-state index in [1.807, 2.05) is 0 Å². The van der Waals surface area contributed by atoms with Gasteiger partial charge in [0.1, 0.15) is 5.76 Å². The van der Waals surface area contributed by atoms with E-state index in [4.69, 9.17) is 9.52 Å². The van der Waals surface area contributed by atoms with E-state index in [9.17, 15) is 0 Å². The summed E-state index contributed by atoms with van der Waals surface area (Å²) in [6, 6.07) is 0. The van der Waals surface area contributed by atoms with Gasteiger partial charge in [-0.05, 0) is 45.2 Å². The molecule has 0 aromatic carbocycles. The molecule has 1 aromatic rings. The second-order valence-electron chi connectivity index (χ2n) is 7.28. The van der Waals surface area contributed by atoms with E-state index in [2.05, 4.69) is 48.4 Å². The smallest absolute Gasteiger partial charge is 0.191 e. The Morgan fingerprint density at radius 3 is 2.52 bits per heavy atom. The Kier molecular flexibility index (Phi) is 12.0. The SMILES string of the molecule is CCNC(=NCc1c(CC)noc1CC)NCC(C)CN1CCCCC1.I. The normalized spacial score (nSPS) is 16.7. The number of hydrogen-bond acceptors (Lipinski definition) is 4. The lowest BCUT2D eigenvalue weighted by Gasteiger charge is -2.29. The van der Waals surface area contributed by atoms with Gasteiger partial charge in [-0.1, -0.05) is 32.3 Å². The average molecular weight is 491 g/mol. The molecule has 2 N–H and O–H groups in total. The van der Waals surface area contributed by atoms with E-state index in [1.165, 1.54) is 32.4 Å². The number of nitrogens with one attached hydrogen (secondary N) is 2. The molecule has 156 valence electrons. The number of guanidine groups is 1. The molecule has 1 fully saturated rings. The number of aliphatic imine (C=N–C) groups is 1. The molecule has 6 nitrogen and oxygen atoms in total. The molecule has 1 aromatic heterocycles. The molecule has 0 spiro atoms. The Bertz CT molecular complexity index is 533. The first-order valence-corrected chi connectivity index (χ1v) is 10.4. The summed E-state index contributed by atoms with van der Waals surface area (Å²) in [5.74, 6) is 2.44. The van der Waals surface area contributed by atoms with Crippen molar-refractivity contribution in [2.75, 3.05) is 32.7 Å². The molecule has 1 unspecified atom stereocenters.